The molecule has 24 heavy (non-hydrogen) atoms. The summed E-state index contributed by atoms with van der Waals surface area (Å²) in [6.45, 7) is 3.72. The second-order valence-electron chi connectivity index (χ2n) is 6.32. The Morgan fingerprint density at radius 2 is 2.08 bits per heavy atom. The molecule has 7 nitrogen and oxygen atoms in total. The van der Waals surface area contributed by atoms with Gasteiger partial charge < -0.3 is 21.1 Å². The standard InChI is InChI=1S/C16H20FN3O4/c1-16(2,7-5-12(21)22)20-15(24)19-11-4-3-10-9(13(11)17)6-8-18-14(10)23/h3-4H,5-8H2,1-2H3,(H,18,23)(H,21,22)(H2,19,20,24). The zero-order valence-electron chi connectivity index (χ0n) is 13.5. The molecule has 0 aromatic heterocycles. The smallest absolute Gasteiger partial charge is 0.319 e. The summed E-state index contributed by atoms with van der Waals surface area (Å²) >= 11 is 0. The van der Waals surface area contributed by atoms with Gasteiger partial charge in [0.25, 0.3) is 5.91 Å². The molecule has 0 radical (unpaired) electrons. The molecule has 0 fully saturated rings. The maximum atomic E-state index is 14.5. The Morgan fingerprint density at radius 1 is 1.38 bits per heavy atom. The van der Waals surface area contributed by atoms with Gasteiger partial charge in [-0.3, -0.25) is 9.59 Å². The highest BCUT2D eigenvalue weighted by molar-refractivity contribution is 5.98. The molecule has 3 amide bonds. The lowest BCUT2D eigenvalue weighted by atomic mass is 9.98. The van der Waals surface area contributed by atoms with E-state index in [0.717, 1.165) is 0 Å². The Bertz CT molecular complexity index is 688. The molecule has 1 aliphatic heterocycles. The molecule has 1 aliphatic rings. The number of hydrogen-bond donors (Lipinski definition) is 4. The van der Waals surface area contributed by atoms with Gasteiger partial charge in [-0.05, 0) is 38.8 Å². The number of nitrogens with one attached hydrogen (secondary N) is 3. The van der Waals surface area contributed by atoms with Gasteiger partial charge in [0.1, 0.15) is 0 Å². The van der Waals surface area contributed by atoms with Crippen molar-refractivity contribution in [2.75, 3.05) is 11.9 Å². The third-order valence-electron chi connectivity index (χ3n) is 3.81. The van der Waals surface area contributed by atoms with E-state index in [1.54, 1.807) is 13.8 Å². The summed E-state index contributed by atoms with van der Waals surface area (Å²) in [6, 6.07) is 2.17. The largest absolute Gasteiger partial charge is 0.481 e. The molecule has 0 bridgehead atoms. The van der Waals surface area contributed by atoms with Crippen LogP contribution in [-0.2, 0) is 11.2 Å². The number of rotatable bonds is 5. The predicted octanol–water partition coefficient (Wildman–Crippen LogP) is 1.88. The molecule has 0 atom stereocenters. The summed E-state index contributed by atoms with van der Waals surface area (Å²) < 4.78 is 14.5. The van der Waals surface area contributed by atoms with Crippen molar-refractivity contribution in [2.45, 2.75) is 38.6 Å². The van der Waals surface area contributed by atoms with Crippen LogP contribution in [0.25, 0.3) is 0 Å². The second kappa shape index (κ2) is 6.86. The zero-order chi connectivity index (χ0) is 17.9. The third kappa shape index (κ3) is 4.21. The molecule has 1 heterocycles. The van der Waals surface area contributed by atoms with Crippen molar-refractivity contribution in [3.05, 3.63) is 29.1 Å². The van der Waals surface area contributed by atoms with Crippen LogP contribution in [0.1, 0.15) is 42.6 Å². The van der Waals surface area contributed by atoms with Crippen molar-refractivity contribution in [3.63, 3.8) is 0 Å². The first-order valence-corrected chi connectivity index (χ1v) is 7.60. The molecule has 4 N–H and O–H groups in total. The van der Waals surface area contributed by atoms with Crippen molar-refractivity contribution in [1.82, 2.24) is 10.6 Å². The van der Waals surface area contributed by atoms with E-state index in [4.69, 9.17) is 5.11 Å². The first-order chi connectivity index (χ1) is 11.2. The fourth-order valence-corrected chi connectivity index (χ4v) is 2.51. The number of carboxylic acids is 1. The van der Waals surface area contributed by atoms with Crippen molar-refractivity contribution >= 4 is 23.6 Å². The van der Waals surface area contributed by atoms with Crippen molar-refractivity contribution < 1.29 is 23.9 Å². The number of anilines is 1. The number of amides is 3. The van der Waals surface area contributed by atoms with Gasteiger partial charge in [0.2, 0.25) is 0 Å². The van der Waals surface area contributed by atoms with Gasteiger partial charge in [0.05, 0.1) is 5.69 Å². The van der Waals surface area contributed by atoms with Gasteiger partial charge in [0, 0.05) is 29.6 Å². The molecule has 1 aromatic carbocycles. The van der Waals surface area contributed by atoms with Crippen LogP contribution < -0.4 is 16.0 Å². The van der Waals surface area contributed by atoms with Crippen molar-refractivity contribution in [3.8, 4) is 0 Å². The van der Waals surface area contributed by atoms with Crippen LogP contribution in [0.2, 0.25) is 0 Å². The van der Waals surface area contributed by atoms with Crippen LogP contribution in [0.4, 0.5) is 14.9 Å². The Hall–Kier alpha value is -2.64. The molecule has 2 rings (SSSR count). The summed E-state index contributed by atoms with van der Waals surface area (Å²) in [6.07, 6.45) is 0.506. The van der Waals surface area contributed by atoms with Crippen LogP contribution >= 0.6 is 0 Å². The maximum Gasteiger partial charge on any atom is 0.319 e. The first-order valence-electron chi connectivity index (χ1n) is 7.60. The molecule has 0 saturated heterocycles. The molecule has 0 unspecified atom stereocenters. The number of halogens is 1. The molecule has 8 heteroatoms. The van der Waals surface area contributed by atoms with Crippen molar-refractivity contribution in [2.24, 2.45) is 0 Å². The molecule has 130 valence electrons. The third-order valence-corrected chi connectivity index (χ3v) is 3.81. The predicted molar refractivity (Wildman–Crippen MR) is 85.5 cm³/mol. The lowest BCUT2D eigenvalue weighted by Crippen LogP contribution is -2.46. The summed E-state index contributed by atoms with van der Waals surface area (Å²) in [5, 5.41) is 16.4. The highest BCUT2D eigenvalue weighted by Gasteiger charge is 2.25. The SMILES string of the molecule is CC(C)(CCC(=O)O)NC(=O)Nc1ccc2c(c1F)CCNC2=O. The number of carbonyl (C=O) groups is 3. The minimum Gasteiger partial charge on any atom is -0.481 e. The molecular weight excluding hydrogens is 317 g/mol. The average Bonchev–Trinajstić information content (AvgIpc) is 2.48. The van der Waals surface area contributed by atoms with Crippen LogP contribution in [0.3, 0.4) is 0 Å². The summed E-state index contributed by atoms with van der Waals surface area (Å²) in [7, 11) is 0. The molecule has 0 aliphatic carbocycles. The first kappa shape index (κ1) is 17.7. The number of carbonyl (C=O) groups excluding carboxylic acids is 2. The van der Waals surface area contributed by atoms with Gasteiger partial charge in [-0.1, -0.05) is 0 Å². The number of benzene rings is 1. The second-order valence-corrected chi connectivity index (χ2v) is 6.32. The number of aliphatic carboxylic acids is 1. The summed E-state index contributed by atoms with van der Waals surface area (Å²) in [4.78, 5) is 34.3. The van der Waals surface area contributed by atoms with E-state index in [2.05, 4.69) is 16.0 Å². The Labute approximate surface area is 138 Å². The van der Waals surface area contributed by atoms with Gasteiger partial charge in [0.15, 0.2) is 5.82 Å². The lowest BCUT2D eigenvalue weighted by molar-refractivity contribution is -0.137. The highest BCUT2D eigenvalue weighted by atomic mass is 19.1. The fourth-order valence-electron chi connectivity index (χ4n) is 2.51. The lowest BCUT2D eigenvalue weighted by Gasteiger charge is -2.26. The van der Waals surface area contributed by atoms with E-state index >= 15 is 0 Å². The number of carboxylic acid groups (broad SMARTS) is 1. The maximum absolute atomic E-state index is 14.5. The Kier molecular flexibility index (Phi) is 5.06. The van der Waals surface area contributed by atoms with E-state index < -0.39 is 23.4 Å². The van der Waals surface area contributed by atoms with Crippen LogP contribution in [-0.4, -0.2) is 35.1 Å². The van der Waals surface area contributed by atoms with E-state index in [9.17, 15) is 18.8 Å². The Balaban J connectivity index is 2.07. The molecule has 0 spiro atoms. The van der Waals surface area contributed by atoms with Crippen LogP contribution in [0.5, 0.6) is 0 Å². The van der Waals surface area contributed by atoms with Gasteiger partial charge >= 0.3 is 12.0 Å². The zero-order valence-corrected chi connectivity index (χ0v) is 13.5. The van der Waals surface area contributed by atoms with Gasteiger partial charge in [-0.15, -0.1) is 0 Å². The minimum atomic E-state index is -0.954. The minimum absolute atomic E-state index is 0.0185. The fraction of sp³-hybridized carbons (Fsp3) is 0.438. The summed E-state index contributed by atoms with van der Waals surface area (Å²) in [5.74, 6) is -1.91. The van der Waals surface area contributed by atoms with E-state index in [1.165, 1.54) is 12.1 Å². The van der Waals surface area contributed by atoms with E-state index in [0.29, 0.717) is 13.0 Å². The number of hydrogen-bond acceptors (Lipinski definition) is 3. The van der Waals surface area contributed by atoms with Crippen LogP contribution in [0, 0.1) is 5.82 Å². The quantitative estimate of drug-likeness (QED) is 0.658. The van der Waals surface area contributed by atoms with Gasteiger partial charge in [-0.25, -0.2) is 9.18 Å². The molecule has 0 saturated carbocycles. The Morgan fingerprint density at radius 3 is 2.75 bits per heavy atom. The number of fused-ring (bicyclic) bond motifs is 1. The monoisotopic (exact) mass is 337 g/mol. The summed E-state index contributed by atoms with van der Waals surface area (Å²) in [5.41, 5.74) is -0.226. The molecular formula is C16H20FN3O4. The topological polar surface area (TPSA) is 108 Å². The molecule has 1 aromatic rings. The van der Waals surface area contributed by atoms with E-state index in [-0.39, 0.29) is 35.6 Å². The highest BCUT2D eigenvalue weighted by Crippen LogP contribution is 2.24. The normalized spacial score (nSPS) is 13.7. The van der Waals surface area contributed by atoms with Crippen molar-refractivity contribution in [1.29, 1.82) is 0 Å². The number of urea groups is 1. The van der Waals surface area contributed by atoms with Crippen LogP contribution in [0.15, 0.2) is 12.1 Å². The average molecular weight is 337 g/mol. The van der Waals surface area contributed by atoms with E-state index in [1.807, 2.05) is 0 Å². The van der Waals surface area contributed by atoms with Gasteiger partial charge in [-0.2, -0.15) is 0 Å².